The highest BCUT2D eigenvalue weighted by molar-refractivity contribution is 5.13. The van der Waals surface area contributed by atoms with Crippen molar-refractivity contribution in [2.75, 3.05) is 20.1 Å². The normalized spacial score (nSPS) is 13.7. The number of hydrogen-bond acceptors (Lipinski definition) is 1. The third-order valence-electron chi connectivity index (χ3n) is 2.83. The molecule has 0 saturated carbocycles. The molecule has 2 rings (SSSR count). The van der Waals surface area contributed by atoms with Gasteiger partial charge in [-0.2, -0.15) is 0 Å². The molecule has 1 saturated heterocycles. The van der Waals surface area contributed by atoms with Crippen molar-refractivity contribution in [3.8, 4) is 0 Å². The van der Waals surface area contributed by atoms with Crippen LogP contribution in [0.25, 0.3) is 0 Å². The van der Waals surface area contributed by atoms with Gasteiger partial charge in [0, 0.05) is 0 Å². The number of benzene rings is 1. The Labute approximate surface area is 128 Å². The van der Waals surface area contributed by atoms with Crippen molar-refractivity contribution in [3.63, 3.8) is 0 Å². The molecule has 0 radical (unpaired) electrons. The van der Waals surface area contributed by atoms with Gasteiger partial charge in [0.25, 0.3) is 0 Å². The van der Waals surface area contributed by atoms with Gasteiger partial charge in [-0.05, 0) is 45.0 Å². The van der Waals surface area contributed by atoms with Gasteiger partial charge in [0.15, 0.2) is 0 Å². The average Bonchev–Trinajstić information content (AvgIpc) is 2.52. The Morgan fingerprint density at radius 3 is 1.55 bits per heavy atom. The molecule has 0 unspecified atom stereocenters. The fraction of sp³-hybridized carbons (Fsp3) is 0.684. The largest absolute Gasteiger partial charge is 0.306 e. The maximum absolute atomic E-state index is 2.39. The second-order valence-electron chi connectivity index (χ2n) is 4.91. The van der Waals surface area contributed by atoms with Gasteiger partial charge < -0.3 is 4.90 Å². The third kappa shape index (κ3) is 15.2. The zero-order valence-electron chi connectivity index (χ0n) is 14.8. The van der Waals surface area contributed by atoms with Gasteiger partial charge >= 0.3 is 0 Å². The molecule has 0 spiro atoms. The Kier molecular flexibility index (Phi) is 19.5. The quantitative estimate of drug-likeness (QED) is 0.628. The fourth-order valence-corrected chi connectivity index (χ4v) is 1.77. The van der Waals surface area contributed by atoms with Gasteiger partial charge in [-0.25, -0.2) is 0 Å². The van der Waals surface area contributed by atoms with Crippen molar-refractivity contribution >= 4 is 0 Å². The van der Waals surface area contributed by atoms with Crippen LogP contribution in [-0.2, 0) is 6.42 Å². The lowest BCUT2D eigenvalue weighted by atomic mass is 10.1. The van der Waals surface area contributed by atoms with Crippen LogP contribution in [0.15, 0.2) is 30.3 Å². The molecule has 1 aliphatic rings. The molecule has 0 amide bonds. The average molecular weight is 280 g/mol. The Hall–Kier alpha value is -0.820. The van der Waals surface area contributed by atoms with Gasteiger partial charge in [0.2, 0.25) is 0 Å². The second kappa shape index (κ2) is 18.2. The summed E-state index contributed by atoms with van der Waals surface area (Å²) in [6, 6.07) is 10.5. The Morgan fingerprint density at radius 2 is 1.30 bits per heavy atom. The van der Waals surface area contributed by atoms with E-state index in [1.807, 2.05) is 19.9 Å². The molecule has 20 heavy (non-hydrogen) atoms. The molecule has 1 fully saturated rings. The van der Waals surface area contributed by atoms with E-state index >= 15 is 0 Å². The van der Waals surface area contributed by atoms with Crippen molar-refractivity contribution in [3.05, 3.63) is 35.9 Å². The van der Waals surface area contributed by atoms with Crippen LogP contribution in [0, 0.1) is 0 Å². The van der Waals surface area contributed by atoms with Gasteiger partial charge in [0.05, 0.1) is 0 Å². The Morgan fingerprint density at radius 1 is 0.850 bits per heavy atom. The van der Waals surface area contributed by atoms with E-state index in [-0.39, 0.29) is 0 Å². The number of aryl methyl sites for hydroxylation is 1. The number of nitrogens with zero attached hydrogens (tertiary/aromatic N) is 1. The minimum atomic E-state index is 1.14. The van der Waals surface area contributed by atoms with Gasteiger partial charge in [0.1, 0.15) is 0 Å². The zero-order chi connectivity index (χ0) is 15.6. The molecule has 1 aromatic carbocycles. The monoisotopic (exact) mass is 279 g/mol. The summed E-state index contributed by atoms with van der Waals surface area (Å²) < 4.78 is 0. The predicted octanol–water partition coefficient (Wildman–Crippen LogP) is 5.79. The molecule has 1 nitrogen and oxygen atoms in total. The molecule has 0 N–H and O–H groups in total. The maximum atomic E-state index is 2.39. The van der Waals surface area contributed by atoms with Crippen molar-refractivity contribution in [1.82, 2.24) is 4.90 Å². The van der Waals surface area contributed by atoms with Crippen LogP contribution >= 0.6 is 0 Å². The number of likely N-dealkylation sites (tertiary alicyclic amines) is 1. The SMILES string of the molecule is CC.CCC.CCc1ccccc1.CN1CCCCC1. The van der Waals surface area contributed by atoms with Crippen molar-refractivity contribution in [2.45, 2.75) is 66.7 Å². The summed E-state index contributed by atoms with van der Waals surface area (Å²) >= 11 is 0. The van der Waals surface area contributed by atoms with E-state index in [2.05, 4.69) is 57.0 Å². The van der Waals surface area contributed by atoms with Crippen LogP contribution in [0.4, 0.5) is 0 Å². The fourth-order valence-electron chi connectivity index (χ4n) is 1.77. The minimum absolute atomic E-state index is 1.14. The van der Waals surface area contributed by atoms with Crippen LogP contribution in [0.5, 0.6) is 0 Å². The van der Waals surface area contributed by atoms with Gasteiger partial charge in [-0.15, -0.1) is 0 Å². The maximum Gasteiger partial charge on any atom is -0.00218 e. The van der Waals surface area contributed by atoms with E-state index in [9.17, 15) is 0 Å². The van der Waals surface area contributed by atoms with Crippen LogP contribution < -0.4 is 0 Å². The standard InChI is InChI=1S/C8H10.C6H13N.C3H8.C2H6/c1-2-8-6-4-3-5-7-8;1-7-5-3-2-4-6-7;1-3-2;1-2/h3-7H,2H2,1H3;2-6H2,1H3;3H2,1-2H3;1-2H3. The van der Waals surface area contributed by atoms with E-state index in [0.717, 1.165) is 6.42 Å². The van der Waals surface area contributed by atoms with E-state index in [4.69, 9.17) is 0 Å². The van der Waals surface area contributed by atoms with E-state index in [0.29, 0.717) is 0 Å². The molecule has 0 aliphatic carbocycles. The predicted molar refractivity (Wildman–Crippen MR) is 94.5 cm³/mol. The van der Waals surface area contributed by atoms with E-state index < -0.39 is 0 Å². The third-order valence-corrected chi connectivity index (χ3v) is 2.83. The molecule has 1 heterocycles. The summed E-state index contributed by atoms with van der Waals surface area (Å²) in [7, 11) is 2.19. The first-order chi connectivity index (χ1) is 9.74. The molecule has 1 aliphatic heterocycles. The second-order valence-corrected chi connectivity index (χ2v) is 4.91. The van der Waals surface area contributed by atoms with Crippen LogP contribution in [0.3, 0.4) is 0 Å². The van der Waals surface area contributed by atoms with Crippen LogP contribution in [-0.4, -0.2) is 25.0 Å². The van der Waals surface area contributed by atoms with E-state index in [1.54, 1.807) is 0 Å². The van der Waals surface area contributed by atoms with Gasteiger partial charge in [-0.1, -0.05) is 77.8 Å². The molecular formula is C19H37N. The van der Waals surface area contributed by atoms with Crippen molar-refractivity contribution < 1.29 is 0 Å². The summed E-state index contributed by atoms with van der Waals surface area (Å²) in [6.07, 6.45) is 6.66. The Bertz CT molecular complexity index is 250. The summed E-state index contributed by atoms with van der Waals surface area (Å²) in [4.78, 5) is 2.39. The first-order valence-corrected chi connectivity index (χ1v) is 8.47. The molecule has 0 bridgehead atoms. The molecule has 118 valence electrons. The molecule has 1 aromatic rings. The molecular weight excluding hydrogens is 242 g/mol. The van der Waals surface area contributed by atoms with Crippen LogP contribution in [0.1, 0.15) is 65.9 Å². The highest BCUT2D eigenvalue weighted by atomic mass is 15.1. The minimum Gasteiger partial charge on any atom is -0.306 e. The highest BCUT2D eigenvalue weighted by Crippen LogP contribution is 2.04. The summed E-state index contributed by atoms with van der Waals surface area (Å²) in [5.74, 6) is 0. The first-order valence-electron chi connectivity index (χ1n) is 8.47. The lowest BCUT2D eigenvalue weighted by molar-refractivity contribution is 0.277. The first kappa shape index (κ1) is 21.5. The smallest absolute Gasteiger partial charge is 0.00218 e. The molecule has 0 aromatic heterocycles. The van der Waals surface area contributed by atoms with Crippen molar-refractivity contribution in [1.29, 1.82) is 0 Å². The lowest BCUT2D eigenvalue weighted by Crippen LogP contribution is -2.24. The summed E-state index contributed by atoms with van der Waals surface area (Å²) in [5.41, 5.74) is 1.41. The Balaban J connectivity index is 0. The molecule has 0 atom stereocenters. The number of rotatable bonds is 1. The topological polar surface area (TPSA) is 3.24 Å². The molecule has 1 heteroatoms. The number of hydrogen-bond donors (Lipinski definition) is 0. The number of piperidine rings is 1. The zero-order valence-corrected chi connectivity index (χ0v) is 14.8. The summed E-state index contributed by atoms with van der Waals surface area (Å²) in [5, 5.41) is 0. The van der Waals surface area contributed by atoms with Crippen LogP contribution in [0.2, 0.25) is 0 Å². The summed E-state index contributed by atoms with van der Waals surface area (Å²) in [6.45, 7) is 13.1. The lowest BCUT2D eigenvalue weighted by Gasteiger charge is -2.20. The van der Waals surface area contributed by atoms with Gasteiger partial charge in [-0.3, -0.25) is 0 Å². The van der Waals surface area contributed by atoms with Crippen molar-refractivity contribution in [2.24, 2.45) is 0 Å². The van der Waals surface area contributed by atoms with E-state index in [1.165, 1.54) is 44.3 Å². The highest BCUT2D eigenvalue weighted by Gasteiger charge is 2.02.